The molecule has 0 saturated carbocycles. The van der Waals surface area contributed by atoms with E-state index in [0.29, 0.717) is 17.7 Å². The summed E-state index contributed by atoms with van der Waals surface area (Å²) in [4.78, 5) is 29.0. The molecule has 0 aliphatic carbocycles. The van der Waals surface area contributed by atoms with E-state index < -0.39 is 6.16 Å². The molecule has 170 valence electrons. The maximum atomic E-state index is 13.2. The van der Waals surface area contributed by atoms with Crippen LogP contribution in [-0.2, 0) is 24.3 Å². The molecule has 1 aliphatic heterocycles. The third kappa shape index (κ3) is 3.80. The van der Waals surface area contributed by atoms with E-state index in [1.807, 2.05) is 32.0 Å². The third-order valence-electron chi connectivity index (χ3n) is 6.02. The van der Waals surface area contributed by atoms with Crippen molar-refractivity contribution in [2.24, 2.45) is 0 Å². The summed E-state index contributed by atoms with van der Waals surface area (Å²) in [6.45, 7) is 8.08. The van der Waals surface area contributed by atoms with Gasteiger partial charge >= 0.3 is 6.16 Å². The highest BCUT2D eigenvalue weighted by Crippen LogP contribution is 2.39. The Morgan fingerprint density at radius 3 is 2.61 bits per heavy atom. The fraction of sp³-hybridized carbons (Fsp3) is 0.269. The quantitative estimate of drug-likeness (QED) is 0.224. The first kappa shape index (κ1) is 23.0. The molecule has 3 heterocycles. The van der Waals surface area contributed by atoms with Crippen molar-refractivity contribution in [3.05, 3.63) is 73.5 Å². The summed E-state index contributed by atoms with van der Waals surface area (Å²) in [6, 6.07) is 12.2. The van der Waals surface area contributed by atoms with Crippen LogP contribution in [0.15, 0.2) is 45.7 Å². The molecule has 7 heteroatoms. The second kappa shape index (κ2) is 8.98. The average molecular weight is 509 g/mol. The first-order chi connectivity index (χ1) is 15.9. The van der Waals surface area contributed by atoms with Crippen molar-refractivity contribution in [1.82, 2.24) is 9.55 Å². The smallest absolute Gasteiger partial charge is 0.450 e. The van der Waals surface area contributed by atoms with Crippen molar-refractivity contribution < 1.29 is 14.6 Å². The van der Waals surface area contributed by atoms with Crippen LogP contribution in [0.1, 0.15) is 43.0 Å². The number of hydrogen-bond donors (Lipinski definition) is 1. The summed E-state index contributed by atoms with van der Waals surface area (Å²) in [7, 11) is 0. The molecule has 1 aliphatic rings. The van der Waals surface area contributed by atoms with Gasteiger partial charge in [0, 0.05) is 15.4 Å². The van der Waals surface area contributed by atoms with Crippen LogP contribution in [0.3, 0.4) is 0 Å². The van der Waals surface area contributed by atoms with Gasteiger partial charge in [0.1, 0.15) is 6.61 Å². The molecule has 6 nitrogen and oxygen atoms in total. The van der Waals surface area contributed by atoms with Gasteiger partial charge in [-0.2, -0.15) is 0 Å². The number of aryl methyl sites for hydroxylation is 2. The molecule has 0 spiro atoms. The summed E-state index contributed by atoms with van der Waals surface area (Å²) in [5.74, 6) is 0. The monoisotopic (exact) mass is 508 g/mol. The van der Waals surface area contributed by atoms with E-state index >= 15 is 0 Å². The molecular weight excluding hydrogens is 484 g/mol. The Balaban J connectivity index is 0.00000126. The van der Waals surface area contributed by atoms with Gasteiger partial charge in [0.25, 0.3) is 5.56 Å². The summed E-state index contributed by atoms with van der Waals surface area (Å²) < 4.78 is 7.37. The fourth-order valence-corrected chi connectivity index (χ4v) is 4.94. The number of rotatable bonds is 3. The van der Waals surface area contributed by atoms with Crippen LogP contribution in [0.2, 0.25) is 0 Å². The summed E-state index contributed by atoms with van der Waals surface area (Å²) in [5.41, 5.74) is 5.56. The highest BCUT2D eigenvalue weighted by atomic mass is 79.9. The van der Waals surface area contributed by atoms with E-state index in [1.165, 1.54) is 5.56 Å². The van der Waals surface area contributed by atoms with Crippen molar-refractivity contribution in [2.75, 3.05) is 0 Å². The van der Waals surface area contributed by atoms with E-state index in [4.69, 9.17) is 10.1 Å². The van der Waals surface area contributed by atoms with Gasteiger partial charge in [-0.05, 0) is 59.5 Å². The summed E-state index contributed by atoms with van der Waals surface area (Å²) >= 11 is 3.58. The predicted octanol–water partition coefficient (Wildman–Crippen LogP) is 6.43. The zero-order valence-electron chi connectivity index (χ0n) is 19.0. The van der Waals surface area contributed by atoms with Crippen LogP contribution in [0.5, 0.6) is 0 Å². The first-order valence-electron chi connectivity index (χ1n) is 11.0. The Labute approximate surface area is 200 Å². The van der Waals surface area contributed by atoms with Gasteiger partial charge in [-0.25, -0.2) is 9.78 Å². The lowest BCUT2D eigenvalue weighted by Crippen LogP contribution is -2.25. The number of ether oxygens (including phenoxy) is 1. The molecule has 1 N–H and O–H groups in total. The molecule has 0 radical (unpaired) electrons. The molecule has 0 saturated heterocycles. The number of hydrogen-bond acceptors (Lipinski definition) is 4. The highest BCUT2D eigenvalue weighted by Gasteiger charge is 2.27. The van der Waals surface area contributed by atoms with Crippen LogP contribution >= 0.6 is 15.9 Å². The minimum atomic E-state index is -1.40. The number of carboxylic acid groups (broad SMARTS) is 1. The van der Waals surface area contributed by atoms with Gasteiger partial charge < -0.3 is 14.4 Å². The van der Waals surface area contributed by atoms with Crippen molar-refractivity contribution in [3.8, 4) is 11.4 Å². The molecule has 2 aromatic carbocycles. The van der Waals surface area contributed by atoms with Gasteiger partial charge in [0.05, 0.1) is 29.0 Å². The van der Waals surface area contributed by atoms with Gasteiger partial charge in [-0.15, -0.1) is 0 Å². The number of halogens is 1. The lowest BCUT2D eigenvalue weighted by Gasteiger charge is -2.13. The van der Waals surface area contributed by atoms with E-state index in [1.54, 1.807) is 11.5 Å². The lowest BCUT2D eigenvalue weighted by molar-refractivity contribution is 0.0848. The van der Waals surface area contributed by atoms with E-state index in [-0.39, 0.29) is 12.2 Å². The highest BCUT2D eigenvalue weighted by molar-refractivity contribution is 9.10. The van der Waals surface area contributed by atoms with Crippen molar-refractivity contribution >= 4 is 43.8 Å². The molecule has 0 fully saturated rings. The van der Waals surface area contributed by atoms with Crippen molar-refractivity contribution in [1.29, 1.82) is 0 Å². The second-order valence-corrected chi connectivity index (χ2v) is 8.65. The minimum Gasteiger partial charge on any atom is -0.450 e. The average Bonchev–Trinajstić information content (AvgIpc) is 3.16. The van der Waals surface area contributed by atoms with Gasteiger partial charge in [0.15, 0.2) is 0 Å². The second-order valence-electron chi connectivity index (χ2n) is 7.73. The molecule has 5 rings (SSSR count). The molecule has 0 atom stereocenters. The van der Waals surface area contributed by atoms with Crippen LogP contribution < -0.4 is 5.56 Å². The number of pyridine rings is 2. The topological polar surface area (TPSA) is 81.4 Å². The number of carbonyl (C=O) groups is 1. The summed E-state index contributed by atoms with van der Waals surface area (Å²) in [6.07, 6.45) is -0.587. The Hall–Kier alpha value is -3.19. The first-order valence-corrected chi connectivity index (χ1v) is 11.8. The van der Waals surface area contributed by atoms with E-state index in [2.05, 4.69) is 45.8 Å². The standard InChI is InChI=1S/C24H19BrN2O4.C2H6/c1-3-15-17-10-27-20(8-12(2)18(23(27)28)11-31-24(29)30)22(17)26-19-7-5-13-4-6-14(25)9-16(13)21(15)19;1-2/h4-9H,3,10-11H2,1-2H3,(H,29,30);1-2H3. The third-order valence-corrected chi connectivity index (χ3v) is 6.51. The minimum absolute atomic E-state index is 0.229. The largest absolute Gasteiger partial charge is 0.506 e. The fourth-order valence-electron chi connectivity index (χ4n) is 4.58. The van der Waals surface area contributed by atoms with Crippen molar-refractivity contribution in [2.45, 2.75) is 47.3 Å². The number of nitrogens with zero attached hydrogens (tertiary/aromatic N) is 2. The maximum absolute atomic E-state index is 13.2. The van der Waals surface area contributed by atoms with E-state index in [9.17, 15) is 9.59 Å². The van der Waals surface area contributed by atoms with Crippen LogP contribution in [0.25, 0.3) is 33.1 Å². The molecule has 0 bridgehead atoms. The van der Waals surface area contributed by atoms with Gasteiger partial charge in [0.2, 0.25) is 0 Å². The molecule has 0 unspecified atom stereocenters. The Morgan fingerprint density at radius 2 is 1.91 bits per heavy atom. The number of benzene rings is 2. The number of fused-ring (bicyclic) bond motifs is 6. The number of aromatic nitrogens is 2. The van der Waals surface area contributed by atoms with Gasteiger partial charge in [-0.1, -0.05) is 48.8 Å². The summed E-state index contributed by atoms with van der Waals surface area (Å²) in [5, 5.41) is 12.2. The van der Waals surface area contributed by atoms with Crippen molar-refractivity contribution in [3.63, 3.8) is 0 Å². The maximum Gasteiger partial charge on any atom is 0.506 e. The molecule has 0 amide bonds. The van der Waals surface area contributed by atoms with Crippen LogP contribution in [0.4, 0.5) is 4.79 Å². The van der Waals surface area contributed by atoms with E-state index in [0.717, 1.165) is 49.5 Å². The Morgan fingerprint density at radius 1 is 1.18 bits per heavy atom. The Bertz CT molecular complexity index is 1470. The Kier molecular flexibility index (Phi) is 6.26. The molecule has 2 aromatic heterocycles. The molecular formula is C26H25BrN2O4. The lowest BCUT2D eigenvalue weighted by atomic mass is 9.94. The van der Waals surface area contributed by atoms with Gasteiger partial charge in [-0.3, -0.25) is 4.79 Å². The zero-order chi connectivity index (χ0) is 23.9. The SMILES string of the molecule is CC.CCc1c2c(nc3ccc4ccc(Br)cc4c13)-c1cc(C)c(COC(=O)O)c(=O)n1C2. The molecule has 33 heavy (non-hydrogen) atoms. The normalized spacial score (nSPS) is 11.7. The molecule has 4 aromatic rings. The van der Waals surface area contributed by atoms with Crippen LogP contribution in [-0.4, -0.2) is 20.8 Å². The van der Waals surface area contributed by atoms with Crippen LogP contribution in [0, 0.1) is 6.92 Å². The predicted molar refractivity (Wildman–Crippen MR) is 134 cm³/mol. The zero-order valence-corrected chi connectivity index (χ0v) is 20.6.